The van der Waals surface area contributed by atoms with Gasteiger partial charge in [0.1, 0.15) is 17.6 Å². The van der Waals surface area contributed by atoms with Gasteiger partial charge >= 0.3 is 0 Å². The molecule has 0 aliphatic carbocycles. The van der Waals surface area contributed by atoms with Crippen molar-refractivity contribution in [1.82, 2.24) is 0 Å². The first-order valence-electron chi connectivity index (χ1n) is 7.33. The van der Waals surface area contributed by atoms with E-state index >= 15 is 0 Å². The molecule has 116 valence electrons. The topological polar surface area (TPSA) is 55.9 Å². The maximum absolute atomic E-state index is 12.4. The summed E-state index contributed by atoms with van der Waals surface area (Å²) in [5, 5.41) is 0. The van der Waals surface area contributed by atoms with Gasteiger partial charge in [-0.2, -0.15) is 0 Å². The van der Waals surface area contributed by atoms with E-state index in [2.05, 4.69) is 0 Å². The Hall–Kier alpha value is -1.85. The number of sulfone groups is 1. The van der Waals surface area contributed by atoms with Crippen LogP contribution in [-0.4, -0.2) is 20.0 Å². The number of hydrogen-bond donors (Lipinski definition) is 0. The molecule has 0 aromatic heterocycles. The Bertz CT molecular complexity index is 723. The second-order valence-corrected chi connectivity index (χ2v) is 7.29. The molecule has 3 rings (SSSR count). The summed E-state index contributed by atoms with van der Waals surface area (Å²) in [6, 6.07) is 15.8. The highest BCUT2D eigenvalue weighted by Gasteiger charge is 2.49. The van der Waals surface area contributed by atoms with Gasteiger partial charge in [0.25, 0.3) is 0 Å². The number of benzene rings is 2. The van der Waals surface area contributed by atoms with Crippen LogP contribution < -0.4 is 4.74 Å². The maximum Gasteiger partial charge on any atom is 0.207 e. The summed E-state index contributed by atoms with van der Waals surface area (Å²) in [7, 11) is -3.40. The molecule has 1 aliphatic rings. The molecule has 1 heterocycles. The second-order valence-electron chi connectivity index (χ2n) is 5.26. The molecule has 22 heavy (non-hydrogen) atoms. The van der Waals surface area contributed by atoms with Crippen molar-refractivity contribution in [2.24, 2.45) is 0 Å². The number of hydrogen-bond acceptors (Lipinski definition) is 4. The van der Waals surface area contributed by atoms with Gasteiger partial charge in [-0.25, -0.2) is 8.42 Å². The van der Waals surface area contributed by atoms with E-state index < -0.39 is 15.3 Å². The number of ether oxygens (including phenoxy) is 2. The Kier molecular flexibility index (Phi) is 4.18. The van der Waals surface area contributed by atoms with Crippen molar-refractivity contribution >= 4 is 9.84 Å². The average molecular weight is 318 g/mol. The van der Waals surface area contributed by atoms with Crippen molar-refractivity contribution in [3.8, 4) is 11.5 Å². The minimum atomic E-state index is -3.40. The van der Waals surface area contributed by atoms with E-state index in [0.717, 1.165) is 12.8 Å². The summed E-state index contributed by atoms with van der Waals surface area (Å²) >= 11 is 0. The molecule has 2 aromatic carbocycles. The van der Waals surface area contributed by atoms with E-state index in [1.165, 1.54) is 0 Å². The lowest BCUT2D eigenvalue weighted by atomic mass is 10.3. The van der Waals surface area contributed by atoms with E-state index in [-0.39, 0.29) is 11.0 Å². The van der Waals surface area contributed by atoms with Crippen molar-refractivity contribution in [2.75, 3.05) is 0 Å². The summed E-state index contributed by atoms with van der Waals surface area (Å²) in [5.41, 5.74) is -0.687. The molecule has 1 saturated heterocycles. The van der Waals surface area contributed by atoms with Gasteiger partial charge in [0.05, 0.1) is 4.90 Å². The van der Waals surface area contributed by atoms with E-state index in [0.29, 0.717) is 11.5 Å². The summed E-state index contributed by atoms with van der Waals surface area (Å²) in [4.78, 5) is 0.275. The van der Waals surface area contributed by atoms with Crippen molar-refractivity contribution in [3.05, 3.63) is 54.6 Å². The maximum atomic E-state index is 12.4. The zero-order valence-corrected chi connectivity index (χ0v) is 13.1. The fraction of sp³-hybridized carbons (Fsp3) is 0.294. The van der Waals surface area contributed by atoms with Crippen LogP contribution in [0.25, 0.3) is 0 Å². The van der Waals surface area contributed by atoms with Crippen LogP contribution in [0.2, 0.25) is 0 Å². The average Bonchev–Trinajstić information content (AvgIpc) is 3.29. The van der Waals surface area contributed by atoms with Gasteiger partial charge in [-0.15, -0.1) is 0 Å². The molecule has 2 unspecified atom stereocenters. The van der Waals surface area contributed by atoms with Crippen LogP contribution in [-0.2, 0) is 14.6 Å². The van der Waals surface area contributed by atoms with Gasteiger partial charge in [-0.1, -0.05) is 31.5 Å². The first kappa shape index (κ1) is 15.1. The van der Waals surface area contributed by atoms with Crippen LogP contribution in [0.15, 0.2) is 59.5 Å². The van der Waals surface area contributed by atoms with Crippen molar-refractivity contribution in [3.63, 3.8) is 0 Å². The highest BCUT2D eigenvalue weighted by atomic mass is 32.2. The smallest absolute Gasteiger partial charge is 0.207 e. The fourth-order valence-corrected chi connectivity index (χ4v) is 3.95. The summed E-state index contributed by atoms with van der Waals surface area (Å²) in [6.45, 7) is 2.01. The van der Waals surface area contributed by atoms with Crippen molar-refractivity contribution < 1.29 is 17.9 Å². The van der Waals surface area contributed by atoms with Gasteiger partial charge in [-0.3, -0.25) is 0 Å². The highest BCUT2D eigenvalue weighted by molar-refractivity contribution is 7.92. The molecule has 2 atom stereocenters. The van der Waals surface area contributed by atoms with Gasteiger partial charge in [0.2, 0.25) is 9.84 Å². The zero-order valence-electron chi connectivity index (χ0n) is 12.3. The van der Waals surface area contributed by atoms with Crippen LogP contribution in [0.5, 0.6) is 11.5 Å². The monoisotopic (exact) mass is 318 g/mol. The summed E-state index contributed by atoms with van der Waals surface area (Å²) in [5.74, 6) is 1.32. The van der Waals surface area contributed by atoms with E-state index in [1.807, 2.05) is 37.3 Å². The van der Waals surface area contributed by atoms with E-state index in [4.69, 9.17) is 9.47 Å². The van der Waals surface area contributed by atoms with E-state index in [9.17, 15) is 8.42 Å². The van der Waals surface area contributed by atoms with Crippen LogP contribution >= 0.6 is 0 Å². The molecular formula is C17H18O4S. The van der Waals surface area contributed by atoms with E-state index in [1.54, 1.807) is 24.3 Å². The molecule has 2 aromatic rings. The molecule has 0 radical (unpaired) electrons. The lowest BCUT2D eigenvalue weighted by molar-refractivity contribution is 0.382. The molecule has 1 aliphatic heterocycles. The van der Waals surface area contributed by atoms with Crippen LogP contribution in [0, 0.1) is 0 Å². The van der Waals surface area contributed by atoms with Gasteiger partial charge in [0, 0.05) is 0 Å². The summed E-state index contributed by atoms with van der Waals surface area (Å²) < 4.78 is 35.7. The highest BCUT2D eigenvalue weighted by Crippen LogP contribution is 2.36. The predicted octanol–water partition coefficient (Wildman–Crippen LogP) is 3.78. The first-order chi connectivity index (χ1) is 10.6. The van der Waals surface area contributed by atoms with Gasteiger partial charge in [0.15, 0.2) is 5.44 Å². The second kappa shape index (κ2) is 6.10. The van der Waals surface area contributed by atoms with Crippen molar-refractivity contribution in [1.29, 1.82) is 0 Å². The normalized spacial score (nSPS) is 20.6. The Morgan fingerprint density at radius 2 is 1.64 bits per heavy atom. The Labute approximate surface area is 130 Å². The molecule has 0 spiro atoms. The lowest BCUT2D eigenvalue weighted by Crippen LogP contribution is -2.11. The third-order valence-electron chi connectivity index (χ3n) is 3.55. The van der Waals surface area contributed by atoms with Gasteiger partial charge < -0.3 is 9.47 Å². The Morgan fingerprint density at radius 3 is 2.27 bits per heavy atom. The first-order valence-corrected chi connectivity index (χ1v) is 8.88. The minimum absolute atomic E-state index is 0.157. The third kappa shape index (κ3) is 3.15. The Morgan fingerprint density at radius 1 is 1.00 bits per heavy atom. The minimum Gasteiger partial charge on any atom is -0.457 e. The molecule has 0 N–H and O–H groups in total. The lowest BCUT2D eigenvalue weighted by Gasteiger charge is -2.06. The molecule has 4 nitrogen and oxygen atoms in total. The molecule has 0 bridgehead atoms. The molecular weight excluding hydrogens is 300 g/mol. The molecule has 5 heteroatoms. The summed E-state index contributed by atoms with van der Waals surface area (Å²) in [6.07, 6.45) is 1.54. The molecule has 0 saturated carbocycles. The molecule has 1 fully saturated rings. The molecule has 0 amide bonds. The zero-order chi connectivity index (χ0) is 15.6. The standard InChI is InChI=1S/C17H18O4S/c1-2-6-16-17(21-16)22(18,19)15-11-9-14(10-12-15)20-13-7-4-3-5-8-13/h3-5,7-12,16-17H,2,6H2,1H3. The SMILES string of the molecule is CCCC1OC1S(=O)(=O)c1ccc(Oc2ccccc2)cc1. The Balaban J connectivity index is 1.72. The van der Waals surface area contributed by atoms with Crippen LogP contribution in [0.4, 0.5) is 0 Å². The number of rotatable bonds is 6. The number of epoxide rings is 1. The fourth-order valence-electron chi connectivity index (χ4n) is 2.34. The van der Waals surface area contributed by atoms with Crippen LogP contribution in [0.3, 0.4) is 0 Å². The van der Waals surface area contributed by atoms with Gasteiger partial charge in [-0.05, 0) is 42.8 Å². The van der Waals surface area contributed by atoms with Crippen molar-refractivity contribution in [2.45, 2.75) is 36.2 Å². The largest absolute Gasteiger partial charge is 0.457 e. The number of para-hydroxylation sites is 1. The quantitative estimate of drug-likeness (QED) is 0.761. The van der Waals surface area contributed by atoms with Crippen LogP contribution in [0.1, 0.15) is 19.8 Å². The predicted molar refractivity (Wildman–Crippen MR) is 83.7 cm³/mol. The third-order valence-corrected chi connectivity index (χ3v) is 5.50.